The molecule has 6 heteroatoms. The Morgan fingerprint density at radius 2 is 2.00 bits per heavy atom. The van der Waals surface area contributed by atoms with Gasteiger partial charge in [-0.1, -0.05) is 12.1 Å². The molecule has 5 nitrogen and oxygen atoms in total. The summed E-state index contributed by atoms with van der Waals surface area (Å²) in [5.74, 6) is -0.483. The highest BCUT2D eigenvalue weighted by Crippen LogP contribution is 2.10. The number of benzene rings is 1. The zero-order chi connectivity index (χ0) is 13.8. The monoisotopic (exact) mass is 270 g/mol. The summed E-state index contributed by atoms with van der Waals surface area (Å²) in [4.78, 5) is 11.6. The lowest BCUT2D eigenvalue weighted by atomic mass is 10.2. The van der Waals surface area contributed by atoms with Gasteiger partial charge in [-0.15, -0.1) is 0 Å². The van der Waals surface area contributed by atoms with Crippen molar-refractivity contribution in [3.05, 3.63) is 29.8 Å². The van der Waals surface area contributed by atoms with Gasteiger partial charge in [0.25, 0.3) is 0 Å². The lowest BCUT2D eigenvalue weighted by molar-refractivity contribution is -0.115. The van der Waals surface area contributed by atoms with E-state index in [1.807, 2.05) is 25.1 Å². The van der Waals surface area contributed by atoms with Crippen LogP contribution in [0.4, 0.5) is 5.69 Å². The number of rotatable bonds is 5. The molecule has 0 fully saturated rings. The SMILES string of the molecule is Cc1cccc(NC(=O)CCS(=O)(=O)N(C)C)c1. The summed E-state index contributed by atoms with van der Waals surface area (Å²) >= 11 is 0. The number of nitrogens with zero attached hydrogens (tertiary/aromatic N) is 1. The van der Waals surface area contributed by atoms with E-state index in [2.05, 4.69) is 5.32 Å². The number of carbonyl (C=O) groups is 1. The van der Waals surface area contributed by atoms with Crippen molar-refractivity contribution in [3.63, 3.8) is 0 Å². The van der Waals surface area contributed by atoms with Gasteiger partial charge in [0.15, 0.2) is 0 Å². The predicted molar refractivity (Wildman–Crippen MR) is 71.9 cm³/mol. The molecule has 0 unspecified atom stereocenters. The highest BCUT2D eigenvalue weighted by Gasteiger charge is 2.15. The molecule has 100 valence electrons. The summed E-state index contributed by atoms with van der Waals surface area (Å²) in [5, 5.41) is 2.67. The van der Waals surface area contributed by atoms with Gasteiger partial charge in [0.2, 0.25) is 15.9 Å². The number of anilines is 1. The predicted octanol–water partition coefficient (Wildman–Crippen LogP) is 1.22. The van der Waals surface area contributed by atoms with Crippen molar-refractivity contribution in [1.29, 1.82) is 0 Å². The fourth-order valence-corrected chi connectivity index (χ4v) is 2.16. The number of aryl methyl sites for hydroxylation is 1. The topological polar surface area (TPSA) is 66.5 Å². The van der Waals surface area contributed by atoms with Crippen LogP contribution in [0.25, 0.3) is 0 Å². The highest BCUT2D eigenvalue weighted by molar-refractivity contribution is 7.89. The molecule has 1 aromatic rings. The summed E-state index contributed by atoms with van der Waals surface area (Å²) < 4.78 is 24.1. The summed E-state index contributed by atoms with van der Waals surface area (Å²) in [7, 11) is -0.417. The number of nitrogens with one attached hydrogen (secondary N) is 1. The van der Waals surface area contributed by atoms with Crippen molar-refractivity contribution < 1.29 is 13.2 Å². The zero-order valence-electron chi connectivity index (χ0n) is 10.8. The van der Waals surface area contributed by atoms with Gasteiger partial charge in [-0.2, -0.15) is 0 Å². The van der Waals surface area contributed by atoms with Gasteiger partial charge < -0.3 is 5.32 Å². The number of sulfonamides is 1. The Morgan fingerprint density at radius 1 is 1.33 bits per heavy atom. The maximum atomic E-state index is 11.6. The van der Waals surface area contributed by atoms with Crippen molar-refractivity contribution in [2.45, 2.75) is 13.3 Å². The van der Waals surface area contributed by atoms with Crippen LogP contribution in [-0.2, 0) is 14.8 Å². The van der Waals surface area contributed by atoms with Gasteiger partial charge in [-0.05, 0) is 24.6 Å². The molecule has 0 atom stereocenters. The maximum absolute atomic E-state index is 11.6. The second-order valence-corrected chi connectivity index (χ2v) is 6.57. The Hall–Kier alpha value is -1.40. The zero-order valence-corrected chi connectivity index (χ0v) is 11.6. The maximum Gasteiger partial charge on any atom is 0.225 e. The molecule has 0 aliphatic rings. The molecular formula is C12H18N2O3S. The van der Waals surface area contributed by atoms with Gasteiger partial charge in [0.05, 0.1) is 5.75 Å². The van der Waals surface area contributed by atoms with Gasteiger partial charge in [-0.3, -0.25) is 4.79 Å². The normalized spacial score (nSPS) is 11.6. The van der Waals surface area contributed by atoms with Crippen LogP contribution in [0, 0.1) is 6.92 Å². The van der Waals surface area contributed by atoms with Gasteiger partial charge in [0.1, 0.15) is 0 Å². The summed E-state index contributed by atoms with van der Waals surface area (Å²) in [6.07, 6.45) is -0.0472. The van der Waals surface area contributed by atoms with Crippen LogP contribution >= 0.6 is 0 Å². The largest absolute Gasteiger partial charge is 0.326 e. The Balaban J connectivity index is 2.53. The third-order valence-electron chi connectivity index (χ3n) is 2.45. The number of hydrogen-bond donors (Lipinski definition) is 1. The molecule has 0 aliphatic carbocycles. The van der Waals surface area contributed by atoms with E-state index < -0.39 is 10.0 Å². The summed E-state index contributed by atoms with van der Waals surface area (Å²) in [6, 6.07) is 7.36. The van der Waals surface area contributed by atoms with E-state index in [9.17, 15) is 13.2 Å². The third-order valence-corrected chi connectivity index (χ3v) is 4.28. The minimum atomic E-state index is -3.32. The van der Waals surface area contributed by atoms with Crippen LogP contribution < -0.4 is 5.32 Å². The van der Waals surface area contributed by atoms with Gasteiger partial charge >= 0.3 is 0 Å². The van der Waals surface area contributed by atoms with Gasteiger partial charge in [0, 0.05) is 26.2 Å². The highest BCUT2D eigenvalue weighted by atomic mass is 32.2. The van der Waals surface area contributed by atoms with Crippen molar-refractivity contribution >= 4 is 21.6 Å². The minimum absolute atomic E-state index is 0.0472. The molecular weight excluding hydrogens is 252 g/mol. The van der Waals surface area contributed by atoms with Crippen LogP contribution in [0.2, 0.25) is 0 Å². The van der Waals surface area contributed by atoms with E-state index in [-0.39, 0.29) is 18.1 Å². The fourth-order valence-electron chi connectivity index (χ4n) is 1.35. The Kier molecular flexibility index (Phi) is 4.86. The fraction of sp³-hybridized carbons (Fsp3) is 0.417. The van der Waals surface area contributed by atoms with E-state index in [4.69, 9.17) is 0 Å². The molecule has 0 heterocycles. The third kappa shape index (κ3) is 4.46. The number of carbonyl (C=O) groups excluding carboxylic acids is 1. The van der Waals surface area contributed by atoms with Crippen LogP contribution in [0.3, 0.4) is 0 Å². The van der Waals surface area contributed by atoms with Gasteiger partial charge in [-0.25, -0.2) is 12.7 Å². The lowest BCUT2D eigenvalue weighted by Crippen LogP contribution is -2.27. The first-order valence-corrected chi connectivity index (χ1v) is 7.19. The van der Waals surface area contributed by atoms with E-state index >= 15 is 0 Å². The van der Waals surface area contributed by atoms with E-state index in [0.29, 0.717) is 5.69 Å². The Bertz CT molecular complexity index is 524. The lowest BCUT2D eigenvalue weighted by Gasteiger charge is -2.11. The summed E-state index contributed by atoms with van der Waals surface area (Å²) in [5.41, 5.74) is 1.72. The molecule has 1 amide bonds. The van der Waals surface area contributed by atoms with Crippen LogP contribution in [0.1, 0.15) is 12.0 Å². The van der Waals surface area contributed by atoms with E-state index in [1.165, 1.54) is 14.1 Å². The first-order chi connectivity index (χ1) is 8.31. The van der Waals surface area contributed by atoms with Crippen molar-refractivity contribution in [3.8, 4) is 0 Å². The second-order valence-electron chi connectivity index (χ2n) is 4.27. The molecule has 0 bridgehead atoms. The summed E-state index contributed by atoms with van der Waals surface area (Å²) in [6.45, 7) is 1.92. The van der Waals surface area contributed by atoms with E-state index in [0.717, 1.165) is 9.87 Å². The average Bonchev–Trinajstić information content (AvgIpc) is 2.26. The average molecular weight is 270 g/mol. The van der Waals surface area contributed by atoms with Crippen molar-refractivity contribution in [1.82, 2.24) is 4.31 Å². The molecule has 0 saturated heterocycles. The number of amides is 1. The van der Waals surface area contributed by atoms with Crippen LogP contribution in [-0.4, -0.2) is 38.5 Å². The van der Waals surface area contributed by atoms with Crippen molar-refractivity contribution in [2.75, 3.05) is 25.2 Å². The molecule has 18 heavy (non-hydrogen) atoms. The Morgan fingerprint density at radius 3 is 2.56 bits per heavy atom. The molecule has 1 aromatic carbocycles. The standard InChI is InChI=1S/C12H18N2O3S/c1-10-5-4-6-11(9-10)13-12(15)7-8-18(16,17)14(2)3/h4-6,9H,7-8H2,1-3H3,(H,13,15). The van der Waals surface area contributed by atoms with Crippen LogP contribution in [0.5, 0.6) is 0 Å². The molecule has 1 rings (SSSR count). The minimum Gasteiger partial charge on any atom is -0.326 e. The first-order valence-electron chi connectivity index (χ1n) is 5.58. The van der Waals surface area contributed by atoms with E-state index in [1.54, 1.807) is 6.07 Å². The molecule has 1 N–H and O–H groups in total. The van der Waals surface area contributed by atoms with Crippen LogP contribution in [0.15, 0.2) is 24.3 Å². The molecule has 0 spiro atoms. The first kappa shape index (κ1) is 14.7. The quantitative estimate of drug-likeness (QED) is 0.874. The van der Waals surface area contributed by atoms with Crippen molar-refractivity contribution in [2.24, 2.45) is 0 Å². The molecule has 0 aliphatic heterocycles. The molecule has 0 saturated carbocycles. The molecule has 0 aromatic heterocycles. The number of hydrogen-bond acceptors (Lipinski definition) is 3. The smallest absolute Gasteiger partial charge is 0.225 e. The second kappa shape index (κ2) is 5.97. The Labute approximate surface area is 108 Å². The molecule has 0 radical (unpaired) electrons.